The molecular weight excluding hydrogens is 491 g/mol. The van der Waals surface area contributed by atoms with Crippen molar-refractivity contribution in [3.63, 3.8) is 0 Å². The Morgan fingerprint density at radius 3 is 2.53 bits per heavy atom. The molecule has 0 bridgehead atoms. The summed E-state index contributed by atoms with van der Waals surface area (Å²) >= 11 is 11.9. The normalized spacial score (nSPS) is 28.6. The van der Waals surface area contributed by atoms with Gasteiger partial charge in [0.25, 0.3) is 0 Å². The third-order valence-electron chi connectivity index (χ3n) is 9.42. The van der Waals surface area contributed by atoms with Crippen molar-refractivity contribution in [1.29, 1.82) is 0 Å². The van der Waals surface area contributed by atoms with Crippen LogP contribution in [0.5, 0.6) is 5.75 Å². The van der Waals surface area contributed by atoms with Crippen molar-refractivity contribution in [2.24, 2.45) is 17.3 Å². The number of aromatic hydroxyl groups is 1. The Bertz CT molecular complexity index is 1070. The summed E-state index contributed by atoms with van der Waals surface area (Å²) in [5.41, 5.74) is 5.08. The molecule has 1 amide bonds. The number of benzene rings is 2. The lowest BCUT2D eigenvalue weighted by atomic mass is 9.55. The third kappa shape index (κ3) is 4.96. The number of amides is 1. The summed E-state index contributed by atoms with van der Waals surface area (Å²) in [4.78, 5) is 15.3. The first-order valence-corrected chi connectivity index (χ1v) is 14.6. The zero-order valence-electron chi connectivity index (χ0n) is 21.2. The SMILES string of the molecule is C[C@]12CC[C@H]3c4ccc(O)cc4CC[C@@H]3[C@@H]1CC[C@@H]2NC(=O)Cc1ccc(N(CCCl)CCCl)cc1. The lowest BCUT2D eigenvalue weighted by molar-refractivity contribution is -0.122. The van der Waals surface area contributed by atoms with E-state index in [0.29, 0.717) is 41.7 Å². The molecule has 4 nitrogen and oxygen atoms in total. The van der Waals surface area contributed by atoms with Crippen molar-refractivity contribution in [3.05, 3.63) is 59.2 Å². The van der Waals surface area contributed by atoms with Crippen LogP contribution < -0.4 is 10.2 Å². The second-order valence-electron chi connectivity index (χ2n) is 11.2. The number of halogens is 2. The number of nitrogens with one attached hydrogen (secondary N) is 1. The summed E-state index contributed by atoms with van der Waals surface area (Å²) in [5.74, 6) is 3.54. The van der Waals surface area contributed by atoms with Gasteiger partial charge in [-0.2, -0.15) is 0 Å². The van der Waals surface area contributed by atoms with Gasteiger partial charge in [-0.15, -0.1) is 23.2 Å². The molecule has 0 saturated heterocycles. The van der Waals surface area contributed by atoms with Gasteiger partial charge < -0.3 is 15.3 Å². The number of nitrogens with zero attached hydrogens (tertiary/aromatic N) is 1. The van der Waals surface area contributed by atoms with Gasteiger partial charge in [0.2, 0.25) is 5.91 Å². The lowest BCUT2D eigenvalue weighted by Gasteiger charge is -2.51. The number of anilines is 1. The Kier molecular flexibility index (Phi) is 7.74. The van der Waals surface area contributed by atoms with Gasteiger partial charge in [-0.3, -0.25) is 4.79 Å². The smallest absolute Gasteiger partial charge is 0.224 e. The van der Waals surface area contributed by atoms with E-state index in [-0.39, 0.29) is 17.4 Å². The molecule has 2 saturated carbocycles. The van der Waals surface area contributed by atoms with E-state index in [0.717, 1.165) is 43.6 Å². The van der Waals surface area contributed by atoms with E-state index in [1.54, 1.807) is 0 Å². The predicted octanol–water partition coefficient (Wildman–Crippen LogP) is 6.26. The van der Waals surface area contributed by atoms with Crippen molar-refractivity contribution in [2.75, 3.05) is 29.7 Å². The summed E-state index contributed by atoms with van der Waals surface area (Å²) in [5, 5.41) is 13.4. The Balaban J connectivity index is 1.22. The Morgan fingerprint density at radius 1 is 1.06 bits per heavy atom. The zero-order valence-corrected chi connectivity index (χ0v) is 22.7. The molecular formula is C30H38Cl2N2O2. The number of phenols is 1. The first-order valence-electron chi connectivity index (χ1n) is 13.5. The molecule has 3 aliphatic rings. The van der Waals surface area contributed by atoms with E-state index >= 15 is 0 Å². The third-order valence-corrected chi connectivity index (χ3v) is 9.76. The van der Waals surface area contributed by atoms with Gasteiger partial charge in [-0.1, -0.05) is 25.1 Å². The number of fused-ring (bicyclic) bond motifs is 5. The molecule has 3 aliphatic carbocycles. The van der Waals surface area contributed by atoms with Crippen LogP contribution in [0.15, 0.2) is 42.5 Å². The number of carbonyl (C=O) groups is 1. The van der Waals surface area contributed by atoms with Crippen LogP contribution in [-0.4, -0.2) is 41.9 Å². The maximum absolute atomic E-state index is 13.1. The van der Waals surface area contributed by atoms with Crippen LogP contribution in [0.2, 0.25) is 0 Å². The van der Waals surface area contributed by atoms with Crippen LogP contribution in [0, 0.1) is 17.3 Å². The fourth-order valence-electron chi connectivity index (χ4n) is 7.64. The van der Waals surface area contributed by atoms with Crippen LogP contribution in [-0.2, 0) is 17.6 Å². The number of phenolic OH excluding ortho intramolecular Hbond substituents is 1. The average molecular weight is 530 g/mol. The molecule has 194 valence electrons. The summed E-state index contributed by atoms with van der Waals surface area (Å²) in [7, 11) is 0. The first kappa shape index (κ1) is 25.7. The van der Waals surface area contributed by atoms with Crippen LogP contribution in [0.3, 0.4) is 0 Å². The standard InChI is InChI=1S/C30H38Cl2N2O2/c1-30-13-12-25-24-9-7-23(35)19-21(24)4-8-26(25)27(30)10-11-28(30)33-29(36)18-20-2-5-22(6-3-20)34(16-14-31)17-15-32/h2-3,5-7,9,19,25-28,35H,4,8,10-18H2,1H3,(H,33,36)/t25-,26-,27-,28-,30-/m0/s1. The largest absolute Gasteiger partial charge is 0.508 e. The molecule has 6 heteroatoms. The highest BCUT2D eigenvalue weighted by molar-refractivity contribution is 6.18. The first-order chi connectivity index (χ1) is 17.4. The Hall–Kier alpha value is -1.91. The second-order valence-corrected chi connectivity index (χ2v) is 12.0. The van der Waals surface area contributed by atoms with Crippen LogP contribution in [0.4, 0.5) is 5.69 Å². The van der Waals surface area contributed by atoms with Gasteiger partial charge >= 0.3 is 0 Å². The van der Waals surface area contributed by atoms with Crippen LogP contribution in [0.1, 0.15) is 61.6 Å². The Labute approximate surface area is 225 Å². The molecule has 0 radical (unpaired) electrons. The van der Waals surface area contributed by atoms with Crippen molar-refractivity contribution in [3.8, 4) is 5.75 Å². The van der Waals surface area contributed by atoms with Crippen molar-refractivity contribution >= 4 is 34.8 Å². The minimum absolute atomic E-state index is 0.125. The number of rotatable bonds is 8. The molecule has 2 fully saturated rings. The van der Waals surface area contributed by atoms with Gasteiger partial charge in [0, 0.05) is 36.6 Å². The number of alkyl halides is 2. The van der Waals surface area contributed by atoms with E-state index in [4.69, 9.17) is 23.2 Å². The van der Waals surface area contributed by atoms with Crippen LogP contribution in [0.25, 0.3) is 0 Å². The molecule has 2 aromatic rings. The highest BCUT2D eigenvalue weighted by Gasteiger charge is 2.55. The van der Waals surface area contributed by atoms with Crippen molar-refractivity contribution in [2.45, 2.75) is 63.8 Å². The number of carbonyl (C=O) groups excluding carboxylic acids is 1. The van der Waals surface area contributed by atoms with E-state index in [9.17, 15) is 9.90 Å². The predicted molar refractivity (Wildman–Crippen MR) is 148 cm³/mol. The molecule has 36 heavy (non-hydrogen) atoms. The highest BCUT2D eigenvalue weighted by Crippen LogP contribution is 2.61. The molecule has 5 atom stereocenters. The monoisotopic (exact) mass is 528 g/mol. The molecule has 0 spiro atoms. The van der Waals surface area contributed by atoms with E-state index in [1.165, 1.54) is 30.4 Å². The maximum Gasteiger partial charge on any atom is 0.224 e. The molecule has 0 unspecified atom stereocenters. The maximum atomic E-state index is 13.1. The van der Waals surface area contributed by atoms with E-state index in [2.05, 4.69) is 35.3 Å². The van der Waals surface area contributed by atoms with Crippen molar-refractivity contribution < 1.29 is 9.90 Å². The number of aryl methyl sites for hydroxylation is 1. The fraction of sp³-hybridized carbons (Fsp3) is 0.567. The fourth-order valence-corrected chi connectivity index (χ4v) is 8.04. The van der Waals surface area contributed by atoms with Gasteiger partial charge in [0.1, 0.15) is 5.75 Å². The van der Waals surface area contributed by atoms with Gasteiger partial charge in [-0.25, -0.2) is 0 Å². The molecule has 0 aliphatic heterocycles. The van der Waals surface area contributed by atoms with Crippen molar-refractivity contribution in [1.82, 2.24) is 5.32 Å². The minimum Gasteiger partial charge on any atom is -0.508 e. The number of hydrogen-bond acceptors (Lipinski definition) is 3. The highest BCUT2D eigenvalue weighted by atomic mass is 35.5. The minimum atomic E-state index is 0.125. The van der Waals surface area contributed by atoms with E-state index < -0.39 is 0 Å². The lowest BCUT2D eigenvalue weighted by Crippen LogP contribution is -2.50. The van der Waals surface area contributed by atoms with Gasteiger partial charge in [0.05, 0.1) is 6.42 Å². The van der Waals surface area contributed by atoms with E-state index in [1.807, 2.05) is 24.3 Å². The topological polar surface area (TPSA) is 52.6 Å². The molecule has 2 N–H and O–H groups in total. The summed E-state index contributed by atoms with van der Waals surface area (Å²) < 4.78 is 0. The zero-order chi connectivity index (χ0) is 25.3. The van der Waals surface area contributed by atoms with Gasteiger partial charge in [0.15, 0.2) is 0 Å². The molecule has 0 aromatic heterocycles. The second kappa shape index (κ2) is 10.8. The summed E-state index contributed by atoms with van der Waals surface area (Å²) in [6.07, 6.45) is 7.24. The van der Waals surface area contributed by atoms with Crippen LogP contribution >= 0.6 is 23.2 Å². The molecule has 5 rings (SSSR count). The molecule has 2 aromatic carbocycles. The Morgan fingerprint density at radius 2 is 1.81 bits per heavy atom. The summed E-state index contributed by atoms with van der Waals surface area (Å²) in [6.45, 7) is 3.94. The summed E-state index contributed by atoms with van der Waals surface area (Å²) in [6, 6.07) is 14.5. The quantitative estimate of drug-likeness (QED) is 0.397. The average Bonchev–Trinajstić information content (AvgIpc) is 3.20. The molecule has 0 heterocycles. The van der Waals surface area contributed by atoms with Gasteiger partial charge in [-0.05, 0) is 103 Å². The number of hydrogen-bond donors (Lipinski definition) is 2.